The number of piperazine rings is 1. The fourth-order valence-electron chi connectivity index (χ4n) is 3.18. The third-order valence-electron chi connectivity index (χ3n) is 4.63. The third kappa shape index (κ3) is 5.16. The summed E-state index contributed by atoms with van der Waals surface area (Å²) in [5.74, 6) is 0.448. The maximum Gasteiger partial charge on any atom is 0.273 e. The number of amides is 1. The van der Waals surface area contributed by atoms with Crippen LogP contribution in [-0.2, 0) is 13.1 Å². The molecule has 0 radical (unpaired) electrons. The normalized spacial score (nSPS) is 15.9. The van der Waals surface area contributed by atoms with E-state index in [1.807, 2.05) is 6.92 Å². The summed E-state index contributed by atoms with van der Waals surface area (Å²) in [5.41, 5.74) is 3.05. The minimum absolute atomic E-state index is 0.162. The van der Waals surface area contributed by atoms with Gasteiger partial charge in [0.25, 0.3) is 5.91 Å². The summed E-state index contributed by atoms with van der Waals surface area (Å²) in [6.07, 6.45) is 2.36. The highest BCUT2D eigenvalue weighted by molar-refractivity contribution is 5.91. The van der Waals surface area contributed by atoms with Gasteiger partial charge in [-0.15, -0.1) is 0 Å². The number of nitrogens with one attached hydrogen (secondary N) is 1. The number of hydrogen-bond donors (Lipinski definition) is 1. The first-order valence-corrected chi connectivity index (χ1v) is 9.37. The first kappa shape index (κ1) is 18.6. The Hall–Kier alpha value is -2.18. The first-order chi connectivity index (χ1) is 12.6. The van der Waals surface area contributed by atoms with Crippen molar-refractivity contribution >= 4 is 5.91 Å². The molecule has 2 heterocycles. The summed E-state index contributed by atoms with van der Waals surface area (Å²) < 4.78 is 5.48. The molecule has 140 valence electrons. The Kier molecular flexibility index (Phi) is 6.41. The molecule has 0 bridgehead atoms. The standard InChI is InChI=1S/C20H28N4O2/c1-3-7-21-20(25)18-15-26-19(22-18)14-24-10-8-23(9-11-24)13-17-6-4-5-16(2)12-17/h4-6,12,15H,3,7-11,13-14H2,1-2H3,(H,21,25). The van der Waals surface area contributed by atoms with Crippen molar-refractivity contribution in [1.82, 2.24) is 20.1 Å². The number of rotatable bonds is 7. The number of carbonyl (C=O) groups is 1. The summed E-state index contributed by atoms with van der Waals surface area (Å²) in [4.78, 5) is 21.0. The van der Waals surface area contributed by atoms with E-state index in [1.165, 1.54) is 17.4 Å². The van der Waals surface area contributed by atoms with Crippen LogP contribution >= 0.6 is 0 Å². The summed E-state index contributed by atoms with van der Waals surface area (Å²) in [6.45, 7) is 10.5. The highest BCUT2D eigenvalue weighted by atomic mass is 16.3. The molecule has 2 aromatic rings. The molecule has 1 fully saturated rings. The molecule has 6 heteroatoms. The van der Waals surface area contributed by atoms with E-state index in [-0.39, 0.29) is 5.91 Å². The quantitative estimate of drug-likeness (QED) is 0.826. The summed E-state index contributed by atoms with van der Waals surface area (Å²) in [7, 11) is 0. The second kappa shape index (κ2) is 8.96. The van der Waals surface area contributed by atoms with Crippen LogP contribution in [0.2, 0.25) is 0 Å². The Morgan fingerprint density at radius 2 is 1.92 bits per heavy atom. The highest BCUT2D eigenvalue weighted by Gasteiger charge is 2.19. The molecule has 6 nitrogen and oxygen atoms in total. The van der Waals surface area contributed by atoms with Crippen molar-refractivity contribution in [3.63, 3.8) is 0 Å². The van der Waals surface area contributed by atoms with Gasteiger partial charge in [-0.25, -0.2) is 4.98 Å². The van der Waals surface area contributed by atoms with E-state index in [4.69, 9.17) is 4.42 Å². The zero-order chi connectivity index (χ0) is 18.4. The van der Waals surface area contributed by atoms with E-state index in [9.17, 15) is 4.79 Å². The molecule has 1 saturated heterocycles. The van der Waals surface area contributed by atoms with E-state index >= 15 is 0 Å². The Labute approximate surface area is 155 Å². The molecule has 0 atom stereocenters. The Morgan fingerprint density at radius 1 is 1.19 bits per heavy atom. The van der Waals surface area contributed by atoms with Crippen LogP contribution in [0.1, 0.15) is 40.9 Å². The average Bonchev–Trinajstić information content (AvgIpc) is 3.10. The van der Waals surface area contributed by atoms with Gasteiger partial charge in [0, 0.05) is 39.3 Å². The number of oxazole rings is 1. The van der Waals surface area contributed by atoms with Crippen LogP contribution in [0.3, 0.4) is 0 Å². The molecular weight excluding hydrogens is 328 g/mol. The zero-order valence-electron chi connectivity index (χ0n) is 15.7. The third-order valence-corrected chi connectivity index (χ3v) is 4.63. The Morgan fingerprint density at radius 3 is 2.62 bits per heavy atom. The molecule has 26 heavy (non-hydrogen) atoms. The lowest BCUT2D eigenvalue weighted by Gasteiger charge is -2.34. The van der Waals surface area contributed by atoms with E-state index in [0.717, 1.165) is 39.1 Å². The van der Waals surface area contributed by atoms with Crippen molar-refractivity contribution < 1.29 is 9.21 Å². The zero-order valence-corrected chi connectivity index (χ0v) is 15.7. The molecule has 1 amide bonds. The van der Waals surface area contributed by atoms with Gasteiger partial charge in [0.15, 0.2) is 5.69 Å². The summed E-state index contributed by atoms with van der Waals surface area (Å²) in [5, 5.41) is 2.82. The number of carbonyl (C=O) groups excluding carboxylic acids is 1. The summed E-state index contributed by atoms with van der Waals surface area (Å²) >= 11 is 0. The number of benzene rings is 1. The predicted octanol–water partition coefficient (Wildman–Crippen LogP) is 2.44. The molecule has 0 unspecified atom stereocenters. The number of aromatic nitrogens is 1. The van der Waals surface area contributed by atoms with E-state index in [0.29, 0.717) is 24.7 Å². The van der Waals surface area contributed by atoms with Gasteiger partial charge in [0.2, 0.25) is 5.89 Å². The maximum atomic E-state index is 11.9. The lowest BCUT2D eigenvalue weighted by molar-refractivity contribution is 0.0948. The van der Waals surface area contributed by atoms with Crippen LogP contribution in [0.4, 0.5) is 0 Å². The topological polar surface area (TPSA) is 61.6 Å². The van der Waals surface area contributed by atoms with Crippen molar-refractivity contribution in [2.24, 2.45) is 0 Å². The van der Waals surface area contributed by atoms with Crippen molar-refractivity contribution in [3.05, 3.63) is 53.2 Å². The van der Waals surface area contributed by atoms with Gasteiger partial charge in [0.05, 0.1) is 6.54 Å². The van der Waals surface area contributed by atoms with Gasteiger partial charge < -0.3 is 9.73 Å². The first-order valence-electron chi connectivity index (χ1n) is 9.37. The van der Waals surface area contributed by atoms with Gasteiger partial charge in [-0.05, 0) is 18.9 Å². The number of hydrogen-bond acceptors (Lipinski definition) is 5. The smallest absolute Gasteiger partial charge is 0.273 e. The molecule has 1 aromatic heterocycles. The average molecular weight is 356 g/mol. The van der Waals surface area contributed by atoms with Crippen LogP contribution in [0.25, 0.3) is 0 Å². The van der Waals surface area contributed by atoms with Gasteiger partial charge >= 0.3 is 0 Å². The molecule has 1 aliphatic rings. The molecule has 1 N–H and O–H groups in total. The summed E-state index contributed by atoms with van der Waals surface area (Å²) in [6, 6.07) is 8.70. The van der Waals surface area contributed by atoms with Crippen LogP contribution in [-0.4, -0.2) is 53.4 Å². The van der Waals surface area contributed by atoms with E-state index < -0.39 is 0 Å². The molecule has 0 spiro atoms. The van der Waals surface area contributed by atoms with Crippen LogP contribution in [0.15, 0.2) is 34.9 Å². The van der Waals surface area contributed by atoms with Crippen LogP contribution in [0, 0.1) is 6.92 Å². The van der Waals surface area contributed by atoms with Crippen molar-refractivity contribution in [1.29, 1.82) is 0 Å². The predicted molar refractivity (Wildman–Crippen MR) is 101 cm³/mol. The van der Waals surface area contributed by atoms with Gasteiger partial charge in [-0.1, -0.05) is 36.8 Å². The van der Waals surface area contributed by atoms with Crippen molar-refractivity contribution in [3.8, 4) is 0 Å². The second-order valence-corrected chi connectivity index (χ2v) is 6.92. The molecule has 1 aromatic carbocycles. The Balaban J connectivity index is 1.45. The molecule has 0 aliphatic carbocycles. The van der Waals surface area contributed by atoms with Crippen molar-refractivity contribution in [2.75, 3.05) is 32.7 Å². The largest absolute Gasteiger partial charge is 0.447 e. The maximum absolute atomic E-state index is 11.9. The SMILES string of the molecule is CCCNC(=O)c1coc(CN2CCN(Cc3cccc(C)c3)CC2)n1. The lowest BCUT2D eigenvalue weighted by Crippen LogP contribution is -2.45. The number of nitrogens with zero attached hydrogens (tertiary/aromatic N) is 3. The van der Waals surface area contributed by atoms with Gasteiger partial charge in [0.1, 0.15) is 6.26 Å². The fourth-order valence-corrected chi connectivity index (χ4v) is 3.18. The van der Waals surface area contributed by atoms with E-state index in [2.05, 4.69) is 51.3 Å². The van der Waals surface area contributed by atoms with Crippen molar-refractivity contribution in [2.45, 2.75) is 33.4 Å². The Bertz CT molecular complexity index is 720. The lowest BCUT2D eigenvalue weighted by atomic mass is 10.1. The van der Waals surface area contributed by atoms with Gasteiger partial charge in [-0.3, -0.25) is 14.6 Å². The fraction of sp³-hybridized carbons (Fsp3) is 0.500. The monoisotopic (exact) mass is 356 g/mol. The highest BCUT2D eigenvalue weighted by Crippen LogP contribution is 2.12. The van der Waals surface area contributed by atoms with E-state index in [1.54, 1.807) is 0 Å². The second-order valence-electron chi connectivity index (χ2n) is 6.92. The minimum Gasteiger partial charge on any atom is -0.447 e. The molecule has 1 aliphatic heterocycles. The van der Waals surface area contributed by atoms with Gasteiger partial charge in [-0.2, -0.15) is 0 Å². The molecule has 3 rings (SSSR count). The van der Waals surface area contributed by atoms with Crippen LogP contribution < -0.4 is 5.32 Å². The number of aryl methyl sites for hydroxylation is 1. The van der Waals surface area contributed by atoms with Crippen LogP contribution in [0.5, 0.6) is 0 Å². The molecule has 0 saturated carbocycles. The minimum atomic E-state index is -0.162. The molecular formula is C20H28N4O2.